The predicted molar refractivity (Wildman–Crippen MR) is 69.6 cm³/mol. The molecule has 0 saturated carbocycles. The molecule has 1 aromatic carbocycles. The van der Waals surface area contributed by atoms with E-state index < -0.39 is 0 Å². The SMILES string of the molecule is C=CC1=C(c2ccc(F)cc2)NC2SCCN12. The monoisotopic (exact) mass is 248 g/mol. The minimum Gasteiger partial charge on any atom is -0.355 e. The lowest BCUT2D eigenvalue weighted by molar-refractivity contribution is 0.386. The Balaban J connectivity index is 2.01. The number of allylic oxidation sites excluding steroid dienone is 1. The molecule has 1 atom stereocenters. The Morgan fingerprint density at radius 2 is 2.18 bits per heavy atom. The van der Waals surface area contributed by atoms with E-state index in [2.05, 4.69) is 16.8 Å². The van der Waals surface area contributed by atoms with E-state index in [4.69, 9.17) is 0 Å². The van der Waals surface area contributed by atoms with Gasteiger partial charge in [-0.2, -0.15) is 0 Å². The summed E-state index contributed by atoms with van der Waals surface area (Å²) in [6, 6.07) is 6.57. The summed E-state index contributed by atoms with van der Waals surface area (Å²) in [5.74, 6) is 0.925. The van der Waals surface area contributed by atoms with E-state index >= 15 is 0 Å². The average molecular weight is 248 g/mol. The highest BCUT2D eigenvalue weighted by molar-refractivity contribution is 8.00. The molecule has 2 nitrogen and oxygen atoms in total. The van der Waals surface area contributed by atoms with Crippen LogP contribution in [-0.4, -0.2) is 22.7 Å². The largest absolute Gasteiger partial charge is 0.355 e. The summed E-state index contributed by atoms with van der Waals surface area (Å²) in [6.45, 7) is 4.91. The van der Waals surface area contributed by atoms with Crippen LogP contribution < -0.4 is 5.32 Å². The molecule has 1 aromatic rings. The van der Waals surface area contributed by atoms with Gasteiger partial charge in [0.05, 0.1) is 11.4 Å². The van der Waals surface area contributed by atoms with E-state index in [0.29, 0.717) is 5.50 Å². The number of rotatable bonds is 2. The van der Waals surface area contributed by atoms with Crippen LogP contribution in [0.3, 0.4) is 0 Å². The van der Waals surface area contributed by atoms with Crippen molar-refractivity contribution in [1.82, 2.24) is 10.2 Å². The third-order valence-corrected chi connectivity index (χ3v) is 4.16. The van der Waals surface area contributed by atoms with Crippen LogP contribution in [0.4, 0.5) is 4.39 Å². The average Bonchev–Trinajstić information content (AvgIpc) is 2.89. The van der Waals surface area contributed by atoms with Crippen molar-refractivity contribution < 1.29 is 4.39 Å². The highest BCUT2D eigenvalue weighted by Gasteiger charge is 2.34. The summed E-state index contributed by atoms with van der Waals surface area (Å²) in [5, 5.41) is 3.46. The molecule has 2 aliphatic heterocycles. The van der Waals surface area contributed by atoms with Crippen LogP contribution in [0.25, 0.3) is 5.70 Å². The first-order valence-corrected chi connectivity index (χ1v) is 6.62. The Morgan fingerprint density at radius 3 is 2.88 bits per heavy atom. The maximum absolute atomic E-state index is 12.9. The first-order chi connectivity index (χ1) is 8.29. The van der Waals surface area contributed by atoms with E-state index in [1.807, 2.05) is 17.8 Å². The Bertz CT molecular complexity index is 481. The quantitative estimate of drug-likeness (QED) is 0.866. The van der Waals surface area contributed by atoms with Crippen molar-refractivity contribution in [3.05, 3.63) is 54.0 Å². The van der Waals surface area contributed by atoms with Crippen molar-refractivity contribution in [2.75, 3.05) is 12.3 Å². The first-order valence-electron chi connectivity index (χ1n) is 5.57. The van der Waals surface area contributed by atoms with Crippen molar-refractivity contribution in [1.29, 1.82) is 0 Å². The maximum Gasteiger partial charge on any atom is 0.148 e. The smallest absolute Gasteiger partial charge is 0.148 e. The minimum atomic E-state index is -0.206. The fourth-order valence-corrected chi connectivity index (χ4v) is 3.37. The number of nitrogens with zero attached hydrogens (tertiary/aromatic N) is 1. The molecule has 2 heterocycles. The molecule has 1 fully saturated rings. The zero-order chi connectivity index (χ0) is 11.8. The highest BCUT2D eigenvalue weighted by Crippen LogP contribution is 2.36. The number of benzene rings is 1. The Hall–Kier alpha value is -1.42. The predicted octanol–water partition coefficient (Wildman–Crippen LogP) is 2.62. The summed E-state index contributed by atoms with van der Waals surface area (Å²) in [7, 11) is 0. The van der Waals surface area contributed by atoms with E-state index in [9.17, 15) is 4.39 Å². The van der Waals surface area contributed by atoms with Crippen LogP contribution in [0.2, 0.25) is 0 Å². The van der Waals surface area contributed by atoms with Gasteiger partial charge in [-0.3, -0.25) is 0 Å². The van der Waals surface area contributed by atoms with E-state index in [1.165, 1.54) is 12.1 Å². The second-order valence-electron chi connectivity index (χ2n) is 4.03. The molecular formula is C13H13FN2S. The van der Waals surface area contributed by atoms with Crippen LogP contribution in [-0.2, 0) is 0 Å². The van der Waals surface area contributed by atoms with Crippen LogP contribution in [0.5, 0.6) is 0 Å². The number of hydrogen-bond donors (Lipinski definition) is 1. The molecular weight excluding hydrogens is 235 g/mol. The minimum absolute atomic E-state index is 0.206. The van der Waals surface area contributed by atoms with Gasteiger partial charge >= 0.3 is 0 Å². The maximum atomic E-state index is 12.9. The van der Waals surface area contributed by atoms with E-state index in [1.54, 1.807) is 12.1 Å². The van der Waals surface area contributed by atoms with Crippen molar-refractivity contribution in [2.24, 2.45) is 0 Å². The third-order valence-electron chi connectivity index (χ3n) is 3.05. The fourth-order valence-electron chi connectivity index (χ4n) is 2.24. The molecule has 1 N–H and O–H groups in total. The van der Waals surface area contributed by atoms with Gasteiger partial charge in [-0.05, 0) is 35.9 Å². The van der Waals surface area contributed by atoms with Gasteiger partial charge in [0.2, 0.25) is 0 Å². The van der Waals surface area contributed by atoms with Gasteiger partial charge in [0, 0.05) is 12.3 Å². The zero-order valence-corrected chi connectivity index (χ0v) is 10.1. The number of thioether (sulfide) groups is 1. The normalized spacial score (nSPS) is 22.6. The van der Waals surface area contributed by atoms with E-state index in [0.717, 1.165) is 29.3 Å². The molecule has 0 radical (unpaired) electrons. The van der Waals surface area contributed by atoms with Crippen LogP contribution >= 0.6 is 11.8 Å². The lowest BCUT2D eigenvalue weighted by Crippen LogP contribution is -2.28. The zero-order valence-electron chi connectivity index (χ0n) is 9.32. The second kappa shape index (κ2) is 4.11. The van der Waals surface area contributed by atoms with Gasteiger partial charge in [0.15, 0.2) is 0 Å². The molecule has 4 heteroatoms. The molecule has 1 saturated heterocycles. The molecule has 88 valence electrons. The number of nitrogens with one attached hydrogen (secondary N) is 1. The lowest BCUT2D eigenvalue weighted by atomic mass is 10.1. The second-order valence-corrected chi connectivity index (χ2v) is 5.22. The standard InChI is InChI=1S/C13H13FN2S/c1-2-11-12(9-3-5-10(14)6-4-9)15-13-16(11)7-8-17-13/h2-6,13,15H,1,7-8H2. The summed E-state index contributed by atoms with van der Waals surface area (Å²) in [5.41, 5.74) is 3.49. The molecule has 0 bridgehead atoms. The number of halogens is 1. The van der Waals surface area contributed by atoms with Crippen LogP contribution in [0.1, 0.15) is 5.56 Å². The number of fused-ring (bicyclic) bond motifs is 1. The van der Waals surface area contributed by atoms with Gasteiger partial charge in [-0.15, -0.1) is 11.8 Å². The Kier molecular flexibility index (Phi) is 2.59. The van der Waals surface area contributed by atoms with Crippen molar-refractivity contribution in [3.63, 3.8) is 0 Å². The Labute approximate surface area is 104 Å². The molecule has 3 rings (SSSR count). The Morgan fingerprint density at radius 1 is 1.41 bits per heavy atom. The lowest BCUT2D eigenvalue weighted by Gasteiger charge is -2.17. The van der Waals surface area contributed by atoms with Crippen LogP contribution in [0, 0.1) is 5.82 Å². The van der Waals surface area contributed by atoms with Gasteiger partial charge in [-0.25, -0.2) is 4.39 Å². The summed E-state index contributed by atoms with van der Waals surface area (Å²) >= 11 is 1.88. The molecule has 0 aromatic heterocycles. The molecule has 2 aliphatic rings. The van der Waals surface area contributed by atoms with Crippen LogP contribution in [0.15, 0.2) is 42.6 Å². The first kappa shape index (κ1) is 10.7. The third kappa shape index (κ3) is 1.72. The van der Waals surface area contributed by atoms with Gasteiger partial charge in [0.25, 0.3) is 0 Å². The van der Waals surface area contributed by atoms with Crippen molar-refractivity contribution >= 4 is 17.5 Å². The summed E-state index contributed by atoms with van der Waals surface area (Å²) in [6.07, 6.45) is 1.87. The molecule has 1 unspecified atom stereocenters. The van der Waals surface area contributed by atoms with Crippen molar-refractivity contribution in [2.45, 2.75) is 5.50 Å². The molecule has 0 spiro atoms. The van der Waals surface area contributed by atoms with Gasteiger partial charge < -0.3 is 10.2 Å². The summed E-state index contributed by atoms with van der Waals surface area (Å²) in [4.78, 5) is 2.30. The van der Waals surface area contributed by atoms with Crippen molar-refractivity contribution in [3.8, 4) is 0 Å². The van der Waals surface area contributed by atoms with E-state index in [-0.39, 0.29) is 5.82 Å². The molecule has 0 aliphatic carbocycles. The number of hydrogen-bond acceptors (Lipinski definition) is 3. The summed E-state index contributed by atoms with van der Waals surface area (Å²) < 4.78 is 12.9. The molecule has 0 amide bonds. The van der Waals surface area contributed by atoms with Gasteiger partial charge in [0.1, 0.15) is 11.3 Å². The van der Waals surface area contributed by atoms with Gasteiger partial charge in [-0.1, -0.05) is 6.58 Å². The topological polar surface area (TPSA) is 15.3 Å². The molecule has 17 heavy (non-hydrogen) atoms. The highest BCUT2D eigenvalue weighted by atomic mass is 32.2. The fraction of sp³-hybridized carbons (Fsp3) is 0.231.